The first kappa shape index (κ1) is 21.1. The lowest BCUT2D eigenvalue weighted by Crippen LogP contribution is -2.29. The van der Waals surface area contributed by atoms with Gasteiger partial charge in [-0.05, 0) is 49.6 Å². The zero-order valence-corrected chi connectivity index (χ0v) is 17.5. The highest BCUT2D eigenvalue weighted by molar-refractivity contribution is 7.89. The van der Waals surface area contributed by atoms with Crippen LogP contribution in [-0.4, -0.2) is 45.4 Å². The van der Waals surface area contributed by atoms with Gasteiger partial charge in [-0.15, -0.1) is 0 Å². The van der Waals surface area contributed by atoms with E-state index in [0.29, 0.717) is 36.7 Å². The number of carbonyl (C=O) groups is 1. The molecule has 0 aromatic heterocycles. The van der Waals surface area contributed by atoms with E-state index >= 15 is 0 Å². The van der Waals surface area contributed by atoms with Gasteiger partial charge in [0.05, 0.1) is 12.0 Å². The van der Waals surface area contributed by atoms with Gasteiger partial charge in [0, 0.05) is 25.2 Å². The third-order valence-corrected chi connectivity index (χ3v) is 6.77. The highest BCUT2D eigenvalue weighted by Crippen LogP contribution is 2.26. The molecule has 0 aliphatic carbocycles. The van der Waals surface area contributed by atoms with Crippen LogP contribution in [0, 0.1) is 6.92 Å². The van der Waals surface area contributed by atoms with E-state index in [1.807, 2.05) is 24.3 Å². The van der Waals surface area contributed by atoms with Crippen molar-refractivity contribution in [2.75, 3.05) is 26.8 Å². The van der Waals surface area contributed by atoms with Crippen LogP contribution < -0.4 is 14.8 Å². The van der Waals surface area contributed by atoms with Crippen LogP contribution in [0.1, 0.15) is 24.0 Å². The van der Waals surface area contributed by atoms with Gasteiger partial charge in [-0.2, -0.15) is 4.31 Å². The minimum absolute atomic E-state index is 0.159. The van der Waals surface area contributed by atoms with E-state index in [-0.39, 0.29) is 17.4 Å². The number of hydrogen-bond donors (Lipinski definition) is 1. The van der Waals surface area contributed by atoms with E-state index in [1.165, 1.54) is 10.4 Å². The van der Waals surface area contributed by atoms with Crippen LogP contribution in [0.15, 0.2) is 47.4 Å². The first-order chi connectivity index (χ1) is 13.9. The molecule has 2 aromatic rings. The number of benzene rings is 2. The van der Waals surface area contributed by atoms with Crippen molar-refractivity contribution < 1.29 is 22.7 Å². The number of aryl methyl sites for hydroxylation is 1. The van der Waals surface area contributed by atoms with E-state index in [4.69, 9.17) is 9.47 Å². The Hall–Kier alpha value is -2.58. The highest BCUT2D eigenvalue weighted by atomic mass is 32.2. The molecule has 1 N–H and O–H groups in total. The number of para-hydroxylation sites is 1. The Labute approximate surface area is 171 Å². The summed E-state index contributed by atoms with van der Waals surface area (Å²) in [5.74, 6) is 0.918. The van der Waals surface area contributed by atoms with Crippen molar-refractivity contribution in [1.29, 1.82) is 0 Å². The summed E-state index contributed by atoms with van der Waals surface area (Å²) in [6.45, 7) is 3.06. The highest BCUT2D eigenvalue weighted by Gasteiger charge is 2.27. The number of hydrogen-bond acceptors (Lipinski definition) is 5. The summed E-state index contributed by atoms with van der Waals surface area (Å²) in [7, 11) is -1.89. The maximum absolute atomic E-state index is 12.6. The van der Waals surface area contributed by atoms with Crippen LogP contribution in [0.3, 0.4) is 0 Å². The van der Waals surface area contributed by atoms with Gasteiger partial charge in [0.15, 0.2) is 6.61 Å². The van der Waals surface area contributed by atoms with Gasteiger partial charge in [-0.3, -0.25) is 4.79 Å². The second-order valence-electron chi connectivity index (χ2n) is 6.92. The summed E-state index contributed by atoms with van der Waals surface area (Å²) >= 11 is 0. The van der Waals surface area contributed by atoms with Crippen LogP contribution in [0.25, 0.3) is 0 Å². The van der Waals surface area contributed by atoms with Crippen molar-refractivity contribution in [2.24, 2.45) is 0 Å². The molecule has 2 aromatic carbocycles. The summed E-state index contributed by atoms with van der Waals surface area (Å²) in [5, 5.41) is 2.79. The van der Waals surface area contributed by atoms with Crippen LogP contribution in [0.4, 0.5) is 0 Å². The van der Waals surface area contributed by atoms with E-state index in [1.54, 1.807) is 26.2 Å². The molecule has 0 radical (unpaired) electrons. The maximum Gasteiger partial charge on any atom is 0.258 e. The number of sulfonamides is 1. The average Bonchev–Trinajstić information content (AvgIpc) is 3.27. The summed E-state index contributed by atoms with van der Waals surface area (Å²) in [6.07, 6.45) is 1.78. The fourth-order valence-electron chi connectivity index (χ4n) is 3.26. The Kier molecular flexibility index (Phi) is 6.76. The van der Waals surface area contributed by atoms with E-state index in [2.05, 4.69) is 5.32 Å². The van der Waals surface area contributed by atoms with Crippen molar-refractivity contribution in [3.05, 3.63) is 53.6 Å². The number of methoxy groups -OCH3 is 1. The molecular weight excluding hydrogens is 392 g/mol. The zero-order chi connectivity index (χ0) is 20.9. The van der Waals surface area contributed by atoms with Gasteiger partial charge < -0.3 is 14.8 Å². The van der Waals surface area contributed by atoms with E-state index in [9.17, 15) is 13.2 Å². The summed E-state index contributed by atoms with van der Waals surface area (Å²) in [5.41, 5.74) is 1.54. The molecule has 3 rings (SSSR count). The van der Waals surface area contributed by atoms with Crippen molar-refractivity contribution >= 4 is 15.9 Å². The minimum Gasteiger partial charge on any atom is -0.496 e. The molecular formula is C21H26N2O5S. The molecule has 1 aliphatic rings. The van der Waals surface area contributed by atoms with Crippen LogP contribution in [0.2, 0.25) is 0 Å². The molecule has 0 bridgehead atoms. The van der Waals surface area contributed by atoms with Gasteiger partial charge in [0.2, 0.25) is 10.0 Å². The lowest BCUT2D eigenvalue weighted by atomic mass is 10.2. The first-order valence-electron chi connectivity index (χ1n) is 9.54. The average molecular weight is 419 g/mol. The number of ether oxygens (including phenoxy) is 2. The number of carbonyl (C=O) groups excluding carboxylic acids is 1. The lowest BCUT2D eigenvalue weighted by Gasteiger charge is -2.17. The Morgan fingerprint density at radius 2 is 1.83 bits per heavy atom. The standard InChI is InChI=1S/C21H26N2O5S/c1-16-13-18(29(25,26)23-11-5-6-12-23)9-10-19(16)28-15-21(24)22-14-17-7-3-4-8-20(17)27-2/h3-4,7-10,13H,5-6,11-12,14-15H2,1-2H3,(H,22,24). The predicted molar refractivity (Wildman–Crippen MR) is 110 cm³/mol. The quantitative estimate of drug-likeness (QED) is 0.712. The fourth-order valence-corrected chi connectivity index (χ4v) is 4.86. The molecule has 0 unspecified atom stereocenters. The number of nitrogens with zero attached hydrogens (tertiary/aromatic N) is 1. The van der Waals surface area contributed by atoms with Crippen molar-refractivity contribution in [3.8, 4) is 11.5 Å². The van der Waals surface area contributed by atoms with Crippen LogP contribution in [0.5, 0.6) is 11.5 Å². The van der Waals surface area contributed by atoms with Gasteiger partial charge in [0.25, 0.3) is 5.91 Å². The largest absolute Gasteiger partial charge is 0.496 e. The molecule has 0 saturated carbocycles. The number of amides is 1. The number of rotatable bonds is 8. The Morgan fingerprint density at radius 3 is 2.52 bits per heavy atom. The third kappa shape index (κ3) is 5.07. The molecule has 7 nitrogen and oxygen atoms in total. The smallest absolute Gasteiger partial charge is 0.258 e. The number of nitrogens with one attached hydrogen (secondary N) is 1. The summed E-state index contributed by atoms with van der Waals surface area (Å²) in [4.78, 5) is 12.4. The molecule has 1 fully saturated rings. The first-order valence-corrected chi connectivity index (χ1v) is 11.0. The Morgan fingerprint density at radius 1 is 1.10 bits per heavy atom. The lowest BCUT2D eigenvalue weighted by molar-refractivity contribution is -0.123. The molecule has 0 spiro atoms. The SMILES string of the molecule is COc1ccccc1CNC(=O)COc1ccc(S(=O)(=O)N2CCCC2)cc1C. The van der Waals surface area contributed by atoms with Gasteiger partial charge in [-0.1, -0.05) is 18.2 Å². The van der Waals surface area contributed by atoms with Crippen molar-refractivity contribution in [3.63, 3.8) is 0 Å². The molecule has 8 heteroatoms. The van der Waals surface area contributed by atoms with Crippen LogP contribution in [-0.2, 0) is 21.4 Å². The summed E-state index contributed by atoms with van der Waals surface area (Å²) < 4.78 is 37.6. The normalized spacial score (nSPS) is 14.6. The fraction of sp³-hybridized carbons (Fsp3) is 0.381. The minimum atomic E-state index is -3.47. The second kappa shape index (κ2) is 9.28. The van der Waals surface area contributed by atoms with Gasteiger partial charge in [-0.25, -0.2) is 8.42 Å². The molecule has 29 heavy (non-hydrogen) atoms. The Balaban J connectivity index is 1.57. The van der Waals surface area contributed by atoms with Crippen molar-refractivity contribution in [1.82, 2.24) is 9.62 Å². The maximum atomic E-state index is 12.6. The van der Waals surface area contributed by atoms with Crippen LogP contribution >= 0.6 is 0 Å². The predicted octanol–water partition coefficient (Wildman–Crippen LogP) is 2.48. The van der Waals surface area contributed by atoms with E-state index in [0.717, 1.165) is 18.4 Å². The van der Waals surface area contributed by atoms with Gasteiger partial charge in [0.1, 0.15) is 11.5 Å². The molecule has 0 atom stereocenters. The second-order valence-corrected chi connectivity index (χ2v) is 8.85. The van der Waals surface area contributed by atoms with Gasteiger partial charge >= 0.3 is 0 Å². The topological polar surface area (TPSA) is 84.9 Å². The molecule has 1 saturated heterocycles. The zero-order valence-electron chi connectivity index (χ0n) is 16.7. The Bertz CT molecular complexity index is 969. The molecule has 1 heterocycles. The molecule has 156 valence electrons. The van der Waals surface area contributed by atoms with E-state index < -0.39 is 10.0 Å². The van der Waals surface area contributed by atoms with Crippen molar-refractivity contribution in [2.45, 2.75) is 31.2 Å². The third-order valence-electron chi connectivity index (χ3n) is 4.88. The summed E-state index contributed by atoms with van der Waals surface area (Å²) in [6, 6.07) is 12.2. The molecule has 1 aliphatic heterocycles. The molecule has 1 amide bonds. The monoisotopic (exact) mass is 418 g/mol.